The molecule has 0 bridgehead atoms. The van der Waals surface area contributed by atoms with Crippen molar-refractivity contribution in [3.63, 3.8) is 0 Å². The number of anilines is 1. The van der Waals surface area contributed by atoms with Gasteiger partial charge in [-0.25, -0.2) is 9.97 Å². The minimum atomic E-state index is -0.152. The number of benzene rings is 1. The van der Waals surface area contributed by atoms with E-state index in [0.717, 1.165) is 18.4 Å². The molecule has 6 heteroatoms. The van der Waals surface area contributed by atoms with Crippen LogP contribution in [0.4, 0.5) is 5.82 Å². The van der Waals surface area contributed by atoms with E-state index in [1.54, 1.807) is 6.07 Å². The van der Waals surface area contributed by atoms with E-state index in [-0.39, 0.29) is 5.91 Å². The van der Waals surface area contributed by atoms with E-state index >= 15 is 0 Å². The van der Waals surface area contributed by atoms with Gasteiger partial charge in [0.05, 0.1) is 0 Å². The van der Waals surface area contributed by atoms with Crippen LogP contribution in [0.1, 0.15) is 28.9 Å². The molecular formula is C15H15ClN4O. The number of nitrogens with zero attached hydrogens (tertiary/aromatic N) is 2. The molecule has 0 unspecified atom stereocenters. The van der Waals surface area contributed by atoms with Gasteiger partial charge in [-0.05, 0) is 24.5 Å². The highest BCUT2D eigenvalue weighted by atomic mass is 35.5. The lowest BCUT2D eigenvalue weighted by molar-refractivity contribution is 0.0946. The molecular weight excluding hydrogens is 288 g/mol. The van der Waals surface area contributed by atoms with Gasteiger partial charge in [0.1, 0.15) is 17.8 Å². The first-order valence-electron chi connectivity index (χ1n) is 6.82. The molecule has 3 rings (SSSR count). The Kier molecular flexibility index (Phi) is 4.01. The first-order chi connectivity index (χ1) is 10.2. The highest BCUT2D eigenvalue weighted by molar-refractivity contribution is 6.31. The largest absolute Gasteiger partial charge is 0.366 e. The molecule has 1 aliphatic carbocycles. The van der Waals surface area contributed by atoms with Crippen molar-refractivity contribution < 1.29 is 4.79 Å². The summed E-state index contributed by atoms with van der Waals surface area (Å²) in [5.41, 5.74) is 1.35. The minimum absolute atomic E-state index is 0.152. The van der Waals surface area contributed by atoms with Crippen molar-refractivity contribution in [2.24, 2.45) is 0 Å². The fourth-order valence-electron chi connectivity index (χ4n) is 1.89. The van der Waals surface area contributed by atoms with Crippen LogP contribution in [0, 0.1) is 0 Å². The molecule has 0 aliphatic heterocycles. The van der Waals surface area contributed by atoms with Gasteiger partial charge in [0, 0.05) is 23.7 Å². The van der Waals surface area contributed by atoms with E-state index in [0.29, 0.717) is 29.1 Å². The Balaban J connectivity index is 1.65. The van der Waals surface area contributed by atoms with E-state index in [2.05, 4.69) is 20.6 Å². The lowest BCUT2D eigenvalue weighted by Gasteiger charge is -2.08. The summed E-state index contributed by atoms with van der Waals surface area (Å²) in [6, 6.07) is 9.56. The Morgan fingerprint density at radius 2 is 2.10 bits per heavy atom. The number of nitrogens with one attached hydrogen (secondary N) is 2. The van der Waals surface area contributed by atoms with E-state index in [1.807, 2.05) is 24.3 Å². The van der Waals surface area contributed by atoms with Crippen molar-refractivity contribution in [3.8, 4) is 0 Å². The number of aromatic nitrogens is 2. The summed E-state index contributed by atoms with van der Waals surface area (Å²) in [4.78, 5) is 20.0. The van der Waals surface area contributed by atoms with Crippen LogP contribution in [0.5, 0.6) is 0 Å². The third-order valence-corrected chi connectivity index (χ3v) is 3.60. The molecule has 1 fully saturated rings. The van der Waals surface area contributed by atoms with Gasteiger partial charge in [-0.1, -0.05) is 29.8 Å². The number of carbonyl (C=O) groups is 1. The van der Waals surface area contributed by atoms with Crippen molar-refractivity contribution >= 4 is 23.3 Å². The topological polar surface area (TPSA) is 66.9 Å². The summed E-state index contributed by atoms with van der Waals surface area (Å²) >= 11 is 6.10. The zero-order chi connectivity index (χ0) is 14.7. The number of hydrogen-bond acceptors (Lipinski definition) is 4. The smallest absolute Gasteiger partial charge is 0.270 e. The van der Waals surface area contributed by atoms with Crippen LogP contribution in [-0.4, -0.2) is 21.9 Å². The Morgan fingerprint density at radius 1 is 1.29 bits per heavy atom. The lowest BCUT2D eigenvalue weighted by atomic mass is 10.2. The number of carbonyl (C=O) groups excluding carboxylic acids is 1. The summed E-state index contributed by atoms with van der Waals surface area (Å²) in [5.74, 6) is 0.451. The van der Waals surface area contributed by atoms with Gasteiger partial charge in [0.25, 0.3) is 5.91 Å². The van der Waals surface area contributed by atoms with Gasteiger partial charge in [0.2, 0.25) is 0 Å². The predicted molar refractivity (Wildman–Crippen MR) is 81.3 cm³/mol. The summed E-state index contributed by atoms with van der Waals surface area (Å²) in [5, 5.41) is 6.75. The number of hydrogen-bond donors (Lipinski definition) is 2. The number of amides is 1. The van der Waals surface area contributed by atoms with Crippen LogP contribution < -0.4 is 10.6 Å². The lowest BCUT2D eigenvalue weighted by Crippen LogP contribution is -2.26. The van der Waals surface area contributed by atoms with Crippen molar-refractivity contribution in [1.82, 2.24) is 15.3 Å². The molecule has 2 N–H and O–H groups in total. The first-order valence-corrected chi connectivity index (χ1v) is 7.20. The van der Waals surface area contributed by atoms with E-state index in [9.17, 15) is 4.79 Å². The summed E-state index contributed by atoms with van der Waals surface area (Å²) in [6.45, 7) is 0.542. The van der Waals surface area contributed by atoms with Crippen molar-refractivity contribution in [3.05, 3.63) is 52.9 Å². The van der Waals surface area contributed by atoms with Gasteiger partial charge in [-0.15, -0.1) is 0 Å². The quantitative estimate of drug-likeness (QED) is 0.891. The Bertz CT molecular complexity index is 658. The molecule has 0 saturated heterocycles. The van der Waals surface area contributed by atoms with Gasteiger partial charge >= 0.3 is 0 Å². The highest BCUT2D eigenvalue weighted by Gasteiger charge is 2.24. The number of halogens is 1. The molecule has 1 aromatic heterocycles. The van der Waals surface area contributed by atoms with Gasteiger partial charge in [0.15, 0.2) is 0 Å². The zero-order valence-electron chi connectivity index (χ0n) is 11.3. The second-order valence-electron chi connectivity index (χ2n) is 4.98. The molecule has 0 spiro atoms. The van der Waals surface area contributed by atoms with Crippen LogP contribution in [0.15, 0.2) is 36.7 Å². The second-order valence-corrected chi connectivity index (χ2v) is 5.39. The van der Waals surface area contributed by atoms with Crippen molar-refractivity contribution in [2.75, 3.05) is 5.32 Å². The van der Waals surface area contributed by atoms with Crippen molar-refractivity contribution in [2.45, 2.75) is 25.4 Å². The van der Waals surface area contributed by atoms with Crippen LogP contribution in [0.3, 0.4) is 0 Å². The Labute approximate surface area is 127 Å². The molecule has 0 atom stereocenters. The average Bonchev–Trinajstić information content (AvgIpc) is 3.31. The Morgan fingerprint density at radius 3 is 2.86 bits per heavy atom. The molecule has 0 radical (unpaired) electrons. The molecule has 1 amide bonds. The average molecular weight is 303 g/mol. The van der Waals surface area contributed by atoms with Crippen LogP contribution in [0.2, 0.25) is 5.02 Å². The van der Waals surface area contributed by atoms with Gasteiger partial charge in [-0.2, -0.15) is 0 Å². The third kappa shape index (κ3) is 3.70. The molecule has 1 saturated carbocycles. The molecule has 108 valence electrons. The minimum Gasteiger partial charge on any atom is -0.366 e. The maximum Gasteiger partial charge on any atom is 0.270 e. The zero-order valence-corrected chi connectivity index (χ0v) is 12.1. The predicted octanol–water partition coefficient (Wildman–Crippen LogP) is 2.63. The molecule has 21 heavy (non-hydrogen) atoms. The standard InChI is InChI=1S/C15H15ClN4O/c16-12-4-2-1-3-10(12)8-17-14-7-13(18-9-19-14)15(21)20-11-5-6-11/h1-4,7,9,11H,5-6,8H2,(H,20,21)(H,17,18,19). The molecule has 1 heterocycles. The monoisotopic (exact) mass is 302 g/mol. The van der Waals surface area contributed by atoms with E-state index < -0.39 is 0 Å². The van der Waals surface area contributed by atoms with Crippen LogP contribution >= 0.6 is 11.6 Å². The summed E-state index contributed by atoms with van der Waals surface area (Å²) in [7, 11) is 0. The molecule has 5 nitrogen and oxygen atoms in total. The fraction of sp³-hybridized carbons (Fsp3) is 0.267. The third-order valence-electron chi connectivity index (χ3n) is 3.23. The van der Waals surface area contributed by atoms with E-state index in [4.69, 9.17) is 11.6 Å². The SMILES string of the molecule is O=C(NC1CC1)c1cc(NCc2ccccc2Cl)ncn1. The normalized spacial score (nSPS) is 13.8. The Hall–Kier alpha value is -2.14. The molecule has 1 aliphatic rings. The van der Waals surface area contributed by atoms with Crippen molar-refractivity contribution in [1.29, 1.82) is 0 Å². The number of rotatable bonds is 5. The highest BCUT2D eigenvalue weighted by Crippen LogP contribution is 2.19. The maximum atomic E-state index is 11.9. The van der Waals surface area contributed by atoms with Gasteiger partial charge in [-0.3, -0.25) is 4.79 Å². The fourth-order valence-corrected chi connectivity index (χ4v) is 2.10. The first kappa shape index (κ1) is 13.8. The summed E-state index contributed by atoms with van der Waals surface area (Å²) < 4.78 is 0. The molecule has 1 aromatic carbocycles. The second kappa shape index (κ2) is 6.10. The summed E-state index contributed by atoms with van der Waals surface area (Å²) in [6.07, 6.45) is 3.49. The molecule has 2 aromatic rings. The maximum absolute atomic E-state index is 11.9. The van der Waals surface area contributed by atoms with Crippen LogP contribution in [0.25, 0.3) is 0 Å². The van der Waals surface area contributed by atoms with Crippen LogP contribution in [-0.2, 0) is 6.54 Å². The van der Waals surface area contributed by atoms with Gasteiger partial charge < -0.3 is 10.6 Å². The van der Waals surface area contributed by atoms with E-state index in [1.165, 1.54) is 6.33 Å².